The summed E-state index contributed by atoms with van der Waals surface area (Å²) in [5, 5.41) is 4.60. The third kappa shape index (κ3) is 5.29. The van der Waals surface area contributed by atoms with Crippen molar-refractivity contribution in [2.45, 2.75) is 30.9 Å². The number of carbonyl (C=O) groups is 2. The Labute approximate surface area is 198 Å². The van der Waals surface area contributed by atoms with Crippen LogP contribution in [-0.4, -0.2) is 68.8 Å². The van der Waals surface area contributed by atoms with Crippen LogP contribution in [0.4, 0.5) is 5.69 Å². The first-order valence-electron chi connectivity index (χ1n) is 11.1. The molecule has 2 aromatic rings. The molecule has 1 aromatic carbocycles. The van der Waals surface area contributed by atoms with E-state index in [-0.39, 0.29) is 35.0 Å². The first kappa shape index (κ1) is 23.9. The molecule has 0 unspecified atom stereocenters. The van der Waals surface area contributed by atoms with Crippen LogP contribution in [0.5, 0.6) is 0 Å². The number of piperidine rings is 1. The molecule has 2 saturated heterocycles. The first-order chi connectivity index (χ1) is 15.8. The largest absolute Gasteiger partial charge is 0.378 e. The summed E-state index contributed by atoms with van der Waals surface area (Å²) < 4.78 is 33.1. The van der Waals surface area contributed by atoms with Crippen molar-refractivity contribution in [2.24, 2.45) is 5.92 Å². The van der Waals surface area contributed by atoms with Gasteiger partial charge in [-0.05, 0) is 49.9 Å². The number of benzene rings is 1. The fraction of sp³-hybridized carbons (Fsp3) is 0.478. The second-order valence-electron chi connectivity index (χ2n) is 8.54. The fourth-order valence-electron chi connectivity index (χ4n) is 4.10. The van der Waals surface area contributed by atoms with Crippen LogP contribution >= 0.6 is 11.3 Å². The van der Waals surface area contributed by atoms with Crippen molar-refractivity contribution in [3.8, 4) is 0 Å². The molecular formula is C23H29N3O5S2. The Balaban J connectivity index is 1.37. The van der Waals surface area contributed by atoms with E-state index in [1.54, 1.807) is 10.3 Å². The lowest BCUT2D eigenvalue weighted by Gasteiger charge is -2.30. The molecular weight excluding hydrogens is 462 g/mol. The van der Waals surface area contributed by atoms with E-state index in [0.717, 1.165) is 28.2 Å². The molecule has 178 valence electrons. The van der Waals surface area contributed by atoms with Gasteiger partial charge in [-0.2, -0.15) is 4.31 Å². The highest BCUT2D eigenvalue weighted by Gasteiger charge is 2.33. The van der Waals surface area contributed by atoms with Crippen LogP contribution in [-0.2, 0) is 19.6 Å². The molecule has 0 bridgehead atoms. The van der Waals surface area contributed by atoms with Crippen LogP contribution in [0.15, 0.2) is 33.9 Å². The van der Waals surface area contributed by atoms with Crippen molar-refractivity contribution in [3.05, 3.63) is 46.3 Å². The summed E-state index contributed by atoms with van der Waals surface area (Å²) >= 11 is 1.07. The van der Waals surface area contributed by atoms with Crippen molar-refractivity contribution >= 4 is 38.9 Å². The number of nitrogens with one attached hydrogen (secondary N) is 1. The highest BCUT2D eigenvalue weighted by molar-refractivity contribution is 7.91. The summed E-state index contributed by atoms with van der Waals surface area (Å²) in [6, 6.07) is 7.38. The van der Waals surface area contributed by atoms with Crippen molar-refractivity contribution in [1.29, 1.82) is 0 Å². The standard InChI is InChI=1S/C23H29N3O5S2/c1-16-3-4-17(2)20(13-16)24-22(27)18-5-7-26(8-6-18)33(29,30)21-14-19(15-32-21)23(28)25-9-11-31-12-10-25/h3-4,13-15,18H,5-12H2,1-2H3,(H,24,27). The highest BCUT2D eigenvalue weighted by atomic mass is 32.2. The predicted octanol–water partition coefficient (Wildman–Crippen LogP) is 2.88. The average Bonchev–Trinajstić information content (AvgIpc) is 3.33. The molecule has 33 heavy (non-hydrogen) atoms. The van der Waals surface area contributed by atoms with Gasteiger partial charge in [0.25, 0.3) is 15.9 Å². The van der Waals surface area contributed by atoms with E-state index in [0.29, 0.717) is 44.7 Å². The summed E-state index contributed by atoms with van der Waals surface area (Å²) in [4.78, 5) is 27.1. The van der Waals surface area contributed by atoms with Crippen LogP contribution < -0.4 is 5.32 Å². The third-order valence-corrected chi connectivity index (χ3v) is 9.50. The highest BCUT2D eigenvalue weighted by Crippen LogP contribution is 2.29. The number of aryl methyl sites for hydroxylation is 2. The second-order valence-corrected chi connectivity index (χ2v) is 11.6. The van der Waals surface area contributed by atoms with Crippen LogP contribution in [0.2, 0.25) is 0 Å². The van der Waals surface area contributed by atoms with Gasteiger partial charge >= 0.3 is 0 Å². The van der Waals surface area contributed by atoms with Crippen LogP contribution in [0.1, 0.15) is 34.3 Å². The summed E-state index contributed by atoms with van der Waals surface area (Å²) in [7, 11) is -3.70. The zero-order valence-electron chi connectivity index (χ0n) is 18.9. The Bertz CT molecular complexity index is 1130. The van der Waals surface area contributed by atoms with Gasteiger partial charge in [-0.25, -0.2) is 8.42 Å². The van der Waals surface area contributed by atoms with Gasteiger partial charge in [0.1, 0.15) is 4.21 Å². The SMILES string of the molecule is Cc1ccc(C)c(NC(=O)C2CCN(S(=O)(=O)c3cc(C(=O)N4CCOCC4)cs3)CC2)c1. The van der Waals surface area contributed by atoms with Gasteiger partial charge in [0, 0.05) is 43.2 Å². The van der Waals surface area contributed by atoms with E-state index in [4.69, 9.17) is 4.74 Å². The van der Waals surface area contributed by atoms with E-state index in [1.807, 2.05) is 32.0 Å². The second kappa shape index (κ2) is 9.92. The Morgan fingerprint density at radius 3 is 2.45 bits per heavy atom. The molecule has 2 amide bonds. The topological polar surface area (TPSA) is 96.0 Å². The maximum Gasteiger partial charge on any atom is 0.254 e. The molecule has 4 rings (SSSR count). The molecule has 3 heterocycles. The molecule has 10 heteroatoms. The van der Waals surface area contributed by atoms with E-state index in [2.05, 4.69) is 5.32 Å². The van der Waals surface area contributed by atoms with E-state index in [1.165, 1.54) is 10.4 Å². The Morgan fingerprint density at radius 2 is 1.76 bits per heavy atom. The molecule has 2 fully saturated rings. The molecule has 2 aliphatic heterocycles. The molecule has 1 aromatic heterocycles. The number of hydrogen-bond acceptors (Lipinski definition) is 6. The van der Waals surface area contributed by atoms with E-state index < -0.39 is 10.0 Å². The quantitative estimate of drug-likeness (QED) is 0.694. The van der Waals surface area contributed by atoms with Crippen molar-refractivity contribution < 1.29 is 22.7 Å². The fourth-order valence-corrected chi connectivity index (χ4v) is 6.88. The maximum absolute atomic E-state index is 13.1. The minimum absolute atomic E-state index is 0.0738. The smallest absolute Gasteiger partial charge is 0.254 e. The lowest BCUT2D eigenvalue weighted by Crippen LogP contribution is -2.41. The lowest BCUT2D eigenvalue weighted by atomic mass is 9.97. The number of ether oxygens (including phenoxy) is 1. The molecule has 0 aliphatic carbocycles. The van der Waals surface area contributed by atoms with E-state index >= 15 is 0 Å². The monoisotopic (exact) mass is 491 g/mol. The first-order valence-corrected chi connectivity index (χ1v) is 13.4. The number of hydrogen-bond donors (Lipinski definition) is 1. The maximum atomic E-state index is 13.1. The van der Waals surface area contributed by atoms with Gasteiger partial charge in [-0.15, -0.1) is 11.3 Å². The molecule has 2 aliphatic rings. The lowest BCUT2D eigenvalue weighted by molar-refractivity contribution is -0.120. The number of morpholine rings is 1. The number of thiophene rings is 1. The van der Waals surface area contributed by atoms with Gasteiger partial charge in [0.15, 0.2) is 0 Å². The average molecular weight is 492 g/mol. The van der Waals surface area contributed by atoms with Crippen LogP contribution in [0.3, 0.4) is 0 Å². The van der Waals surface area contributed by atoms with Gasteiger partial charge in [0.2, 0.25) is 5.91 Å². The summed E-state index contributed by atoms with van der Waals surface area (Å²) in [5.41, 5.74) is 3.25. The molecule has 0 atom stereocenters. The normalized spacial score (nSPS) is 18.3. The number of amides is 2. The number of nitrogens with zero attached hydrogens (tertiary/aromatic N) is 2. The molecule has 1 N–H and O–H groups in total. The summed E-state index contributed by atoms with van der Waals surface area (Å²) in [5.74, 6) is -0.480. The van der Waals surface area contributed by atoms with Crippen molar-refractivity contribution in [1.82, 2.24) is 9.21 Å². The number of anilines is 1. The van der Waals surface area contributed by atoms with Crippen molar-refractivity contribution in [3.63, 3.8) is 0 Å². The Hall–Kier alpha value is -2.27. The Morgan fingerprint density at radius 1 is 1.06 bits per heavy atom. The predicted molar refractivity (Wildman–Crippen MR) is 127 cm³/mol. The number of rotatable bonds is 5. The minimum atomic E-state index is -3.70. The minimum Gasteiger partial charge on any atom is -0.378 e. The van der Waals surface area contributed by atoms with Gasteiger partial charge in [-0.1, -0.05) is 12.1 Å². The van der Waals surface area contributed by atoms with Crippen LogP contribution in [0, 0.1) is 19.8 Å². The third-order valence-electron chi connectivity index (χ3n) is 6.19. The molecule has 8 nitrogen and oxygen atoms in total. The zero-order valence-corrected chi connectivity index (χ0v) is 20.5. The van der Waals surface area contributed by atoms with Gasteiger partial charge in [-0.3, -0.25) is 9.59 Å². The van der Waals surface area contributed by atoms with Crippen LogP contribution in [0.25, 0.3) is 0 Å². The molecule has 0 saturated carbocycles. The Kier molecular flexibility index (Phi) is 7.18. The molecule has 0 spiro atoms. The summed E-state index contributed by atoms with van der Waals surface area (Å²) in [6.45, 7) is 6.48. The van der Waals surface area contributed by atoms with Gasteiger partial charge < -0.3 is 15.0 Å². The number of carbonyl (C=O) groups excluding carboxylic acids is 2. The summed E-state index contributed by atoms with van der Waals surface area (Å²) in [6.07, 6.45) is 0.918. The van der Waals surface area contributed by atoms with E-state index in [9.17, 15) is 18.0 Å². The zero-order chi connectivity index (χ0) is 23.6. The molecule has 0 radical (unpaired) electrons. The van der Waals surface area contributed by atoms with Gasteiger partial charge in [0.05, 0.1) is 18.8 Å². The van der Waals surface area contributed by atoms with Crippen molar-refractivity contribution in [2.75, 3.05) is 44.7 Å². The number of sulfonamides is 1.